The standard InChI is InChI=1S/C20H18BrN3O3S/c1-11(25)22-9-14-5-6-18(27-14)17-10-28-20(23-17)24-19(26)16-8-15(16)12-3-2-4-13(21)7-12/h2-7,10,15-16H,8-9H2,1H3,(H,22,25)(H,23,24,26). The zero-order chi connectivity index (χ0) is 19.7. The molecule has 0 aliphatic heterocycles. The lowest BCUT2D eigenvalue weighted by Crippen LogP contribution is -2.18. The minimum atomic E-state index is -0.113. The predicted molar refractivity (Wildman–Crippen MR) is 111 cm³/mol. The monoisotopic (exact) mass is 459 g/mol. The van der Waals surface area contributed by atoms with E-state index in [0.29, 0.717) is 28.9 Å². The number of carbonyl (C=O) groups excluding carboxylic acids is 2. The van der Waals surface area contributed by atoms with Crippen molar-refractivity contribution in [1.82, 2.24) is 10.3 Å². The lowest BCUT2D eigenvalue weighted by molar-refractivity contribution is -0.119. The summed E-state index contributed by atoms with van der Waals surface area (Å²) >= 11 is 4.84. The quantitative estimate of drug-likeness (QED) is 0.566. The van der Waals surface area contributed by atoms with E-state index < -0.39 is 0 Å². The SMILES string of the molecule is CC(=O)NCc1ccc(-c2csc(NC(=O)C3CC3c3cccc(Br)c3)n2)o1. The van der Waals surface area contributed by atoms with Gasteiger partial charge in [0.25, 0.3) is 0 Å². The second-order valence-electron chi connectivity index (χ2n) is 6.71. The van der Waals surface area contributed by atoms with Crippen LogP contribution in [-0.4, -0.2) is 16.8 Å². The highest BCUT2D eigenvalue weighted by Crippen LogP contribution is 2.48. The molecule has 1 saturated carbocycles. The first-order chi connectivity index (χ1) is 13.5. The fourth-order valence-electron chi connectivity index (χ4n) is 3.05. The van der Waals surface area contributed by atoms with Crippen LogP contribution >= 0.6 is 27.3 Å². The highest BCUT2D eigenvalue weighted by Gasteiger charge is 2.44. The van der Waals surface area contributed by atoms with E-state index in [0.717, 1.165) is 10.9 Å². The van der Waals surface area contributed by atoms with Crippen molar-refractivity contribution >= 4 is 44.2 Å². The van der Waals surface area contributed by atoms with Crippen molar-refractivity contribution in [3.8, 4) is 11.5 Å². The number of hydrogen-bond donors (Lipinski definition) is 2. The molecule has 144 valence electrons. The molecule has 0 bridgehead atoms. The summed E-state index contributed by atoms with van der Waals surface area (Å²) in [5.41, 5.74) is 1.84. The van der Waals surface area contributed by atoms with Crippen molar-refractivity contribution in [3.05, 3.63) is 57.6 Å². The maximum atomic E-state index is 12.5. The third kappa shape index (κ3) is 4.34. The summed E-state index contributed by atoms with van der Waals surface area (Å²) in [7, 11) is 0. The average molecular weight is 460 g/mol. The first-order valence-corrected chi connectivity index (χ1v) is 10.5. The van der Waals surface area contributed by atoms with E-state index in [9.17, 15) is 9.59 Å². The van der Waals surface area contributed by atoms with Gasteiger partial charge < -0.3 is 15.1 Å². The molecule has 8 heteroatoms. The zero-order valence-electron chi connectivity index (χ0n) is 15.1. The lowest BCUT2D eigenvalue weighted by atomic mass is 10.1. The van der Waals surface area contributed by atoms with E-state index in [2.05, 4.69) is 43.7 Å². The van der Waals surface area contributed by atoms with Gasteiger partial charge in [0, 0.05) is 22.7 Å². The number of benzene rings is 1. The molecule has 28 heavy (non-hydrogen) atoms. The van der Waals surface area contributed by atoms with Crippen LogP contribution in [0.25, 0.3) is 11.5 Å². The number of nitrogens with zero attached hydrogens (tertiary/aromatic N) is 1. The molecule has 4 rings (SSSR count). The van der Waals surface area contributed by atoms with Gasteiger partial charge in [-0.15, -0.1) is 11.3 Å². The molecule has 2 unspecified atom stereocenters. The smallest absolute Gasteiger partial charge is 0.229 e. The number of anilines is 1. The van der Waals surface area contributed by atoms with E-state index >= 15 is 0 Å². The summed E-state index contributed by atoms with van der Waals surface area (Å²) < 4.78 is 6.72. The van der Waals surface area contributed by atoms with Crippen LogP contribution in [0.5, 0.6) is 0 Å². The molecule has 3 aromatic rings. The first kappa shape index (κ1) is 18.9. The van der Waals surface area contributed by atoms with Gasteiger partial charge in [-0.25, -0.2) is 4.98 Å². The zero-order valence-corrected chi connectivity index (χ0v) is 17.5. The van der Waals surface area contributed by atoms with E-state index in [4.69, 9.17) is 4.42 Å². The first-order valence-electron chi connectivity index (χ1n) is 8.85. The van der Waals surface area contributed by atoms with Crippen LogP contribution < -0.4 is 10.6 Å². The van der Waals surface area contributed by atoms with E-state index in [1.807, 2.05) is 23.6 Å². The highest BCUT2D eigenvalue weighted by molar-refractivity contribution is 9.10. The molecule has 2 heterocycles. The van der Waals surface area contributed by atoms with Gasteiger partial charge in [-0.3, -0.25) is 9.59 Å². The average Bonchev–Trinajstić information content (AvgIpc) is 3.10. The Morgan fingerprint density at radius 2 is 2.18 bits per heavy atom. The Balaban J connectivity index is 1.36. The number of rotatable bonds is 6. The van der Waals surface area contributed by atoms with Gasteiger partial charge in [0.15, 0.2) is 10.9 Å². The molecule has 2 N–H and O–H groups in total. The number of carbonyl (C=O) groups is 2. The topological polar surface area (TPSA) is 84.2 Å². The molecule has 0 saturated heterocycles. The summed E-state index contributed by atoms with van der Waals surface area (Å²) in [6.45, 7) is 1.79. The van der Waals surface area contributed by atoms with Gasteiger partial charge in [-0.05, 0) is 42.2 Å². The van der Waals surface area contributed by atoms with Gasteiger partial charge in [0.1, 0.15) is 11.5 Å². The maximum Gasteiger partial charge on any atom is 0.229 e. The Bertz CT molecular complexity index is 1030. The number of halogens is 1. The fraction of sp³-hybridized carbons (Fsp3) is 0.250. The largest absolute Gasteiger partial charge is 0.458 e. The molecule has 0 radical (unpaired) electrons. The van der Waals surface area contributed by atoms with Crippen LogP contribution in [0.3, 0.4) is 0 Å². The van der Waals surface area contributed by atoms with Crippen LogP contribution in [0.2, 0.25) is 0 Å². The van der Waals surface area contributed by atoms with Crippen molar-refractivity contribution in [2.75, 3.05) is 5.32 Å². The predicted octanol–water partition coefficient (Wildman–Crippen LogP) is 4.54. The molecular formula is C20H18BrN3O3S. The normalized spacial score (nSPS) is 17.9. The molecule has 2 aromatic heterocycles. The Morgan fingerprint density at radius 1 is 1.32 bits per heavy atom. The van der Waals surface area contributed by atoms with E-state index in [1.54, 1.807) is 6.07 Å². The van der Waals surface area contributed by atoms with Gasteiger partial charge in [0.2, 0.25) is 11.8 Å². The van der Waals surface area contributed by atoms with Gasteiger partial charge in [-0.1, -0.05) is 28.1 Å². The molecule has 1 fully saturated rings. The summed E-state index contributed by atoms with van der Waals surface area (Å²) in [4.78, 5) is 28.0. The van der Waals surface area contributed by atoms with Crippen LogP contribution in [0.4, 0.5) is 5.13 Å². The molecule has 1 aliphatic rings. The van der Waals surface area contributed by atoms with Gasteiger partial charge in [0.05, 0.1) is 6.54 Å². The number of nitrogens with one attached hydrogen (secondary N) is 2. The van der Waals surface area contributed by atoms with Crippen molar-refractivity contribution in [3.63, 3.8) is 0 Å². The van der Waals surface area contributed by atoms with Crippen LogP contribution in [0.1, 0.15) is 30.6 Å². The number of furan rings is 1. The van der Waals surface area contributed by atoms with Crippen LogP contribution in [0.15, 0.2) is 50.7 Å². The summed E-state index contributed by atoms with van der Waals surface area (Å²) in [6.07, 6.45) is 0.852. The molecule has 6 nitrogen and oxygen atoms in total. The number of hydrogen-bond acceptors (Lipinski definition) is 5. The minimum absolute atomic E-state index is 0.00309. The van der Waals surface area contributed by atoms with Crippen molar-refractivity contribution in [2.24, 2.45) is 5.92 Å². The Morgan fingerprint density at radius 3 is 2.96 bits per heavy atom. The third-order valence-electron chi connectivity index (χ3n) is 4.56. The summed E-state index contributed by atoms with van der Waals surface area (Å²) in [5, 5.41) is 8.00. The lowest BCUT2D eigenvalue weighted by Gasteiger charge is -2.02. The van der Waals surface area contributed by atoms with Crippen LogP contribution in [-0.2, 0) is 16.1 Å². The van der Waals surface area contributed by atoms with Crippen molar-refractivity contribution in [1.29, 1.82) is 0 Å². The Kier molecular flexibility index (Phi) is 5.32. The van der Waals surface area contributed by atoms with Crippen LogP contribution in [0, 0.1) is 5.92 Å². The minimum Gasteiger partial charge on any atom is -0.458 e. The second-order valence-corrected chi connectivity index (χ2v) is 8.48. The fourth-order valence-corrected chi connectivity index (χ4v) is 4.17. The molecule has 0 spiro atoms. The molecule has 2 atom stereocenters. The summed E-state index contributed by atoms with van der Waals surface area (Å²) in [6, 6.07) is 11.7. The second kappa shape index (κ2) is 7.89. The van der Waals surface area contributed by atoms with Crippen molar-refractivity contribution in [2.45, 2.75) is 25.8 Å². The number of amides is 2. The molecule has 1 aromatic carbocycles. The Labute approximate surface area is 174 Å². The molecule has 1 aliphatic carbocycles. The number of aromatic nitrogens is 1. The van der Waals surface area contributed by atoms with Crippen molar-refractivity contribution < 1.29 is 14.0 Å². The highest BCUT2D eigenvalue weighted by atomic mass is 79.9. The van der Waals surface area contributed by atoms with E-state index in [1.165, 1.54) is 23.8 Å². The van der Waals surface area contributed by atoms with Gasteiger partial charge >= 0.3 is 0 Å². The maximum absolute atomic E-state index is 12.5. The molecular weight excluding hydrogens is 442 g/mol. The number of thiazole rings is 1. The third-order valence-corrected chi connectivity index (χ3v) is 5.81. The Hall–Kier alpha value is -2.45. The van der Waals surface area contributed by atoms with E-state index in [-0.39, 0.29) is 23.7 Å². The molecule has 2 amide bonds. The summed E-state index contributed by atoms with van der Waals surface area (Å²) in [5.74, 6) is 1.39. The van der Waals surface area contributed by atoms with Gasteiger partial charge in [-0.2, -0.15) is 0 Å².